The van der Waals surface area contributed by atoms with Crippen LogP contribution >= 0.6 is 11.3 Å². The Morgan fingerprint density at radius 3 is 2.57 bits per heavy atom. The second-order valence-electron chi connectivity index (χ2n) is 5.44. The van der Waals surface area contributed by atoms with Crippen LogP contribution in [0.15, 0.2) is 16.5 Å². The summed E-state index contributed by atoms with van der Waals surface area (Å²) in [5.74, 6) is 0.355. The summed E-state index contributed by atoms with van der Waals surface area (Å²) in [5.41, 5.74) is 1.02. The first kappa shape index (κ1) is 16.1. The van der Waals surface area contributed by atoms with Crippen molar-refractivity contribution in [2.45, 2.75) is 45.1 Å². The van der Waals surface area contributed by atoms with Crippen LogP contribution in [0.5, 0.6) is 0 Å². The number of aromatic nitrogens is 3. The normalized spacial score (nSPS) is 13.8. The maximum atomic E-state index is 12.6. The van der Waals surface area contributed by atoms with Crippen LogP contribution in [0.4, 0.5) is 0 Å². The van der Waals surface area contributed by atoms with Gasteiger partial charge in [0, 0.05) is 11.6 Å². The molecule has 2 heterocycles. The average Bonchev–Trinajstić information content (AvgIpc) is 2.97. The van der Waals surface area contributed by atoms with Gasteiger partial charge in [0.2, 0.25) is 10.0 Å². The van der Waals surface area contributed by atoms with Crippen LogP contribution in [0.1, 0.15) is 42.7 Å². The van der Waals surface area contributed by atoms with Gasteiger partial charge in [0.25, 0.3) is 0 Å². The molecular weight excluding hydrogens is 308 g/mol. The van der Waals surface area contributed by atoms with Crippen molar-refractivity contribution >= 4 is 21.4 Å². The summed E-state index contributed by atoms with van der Waals surface area (Å²) in [6.07, 6.45) is 2.39. The third kappa shape index (κ3) is 3.69. The fraction of sp³-hybridized carbons (Fsp3) is 0.538. The van der Waals surface area contributed by atoms with Gasteiger partial charge in [0.1, 0.15) is 9.90 Å². The minimum Gasteiger partial charge on any atom is -0.281 e. The molecule has 0 aromatic carbocycles. The molecule has 0 aliphatic heterocycles. The third-order valence-corrected chi connectivity index (χ3v) is 5.71. The maximum absolute atomic E-state index is 12.6. The maximum Gasteiger partial charge on any atom is 0.244 e. The van der Waals surface area contributed by atoms with Gasteiger partial charge in [0.15, 0.2) is 0 Å². The number of aryl methyl sites for hydroxylation is 2. The number of hydrogen-bond acceptors (Lipinski definition) is 5. The zero-order valence-electron chi connectivity index (χ0n) is 12.5. The molecule has 0 spiro atoms. The van der Waals surface area contributed by atoms with Gasteiger partial charge >= 0.3 is 0 Å². The van der Waals surface area contributed by atoms with Gasteiger partial charge in [-0.25, -0.2) is 18.1 Å². The molecule has 2 aromatic rings. The lowest BCUT2D eigenvalue weighted by Crippen LogP contribution is -2.30. The minimum absolute atomic E-state index is 0.229. The van der Waals surface area contributed by atoms with Crippen LogP contribution in [-0.4, -0.2) is 23.6 Å². The van der Waals surface area contributed by atoms with E-state index in [0.29, 0.717) is 23.7 Å². The Morgan fingerprint density at radius 2 is 2.10 bits per heavy atom. The lowest BCUT2D eigenvalue weighted by Gasteiger charge is -2.18. The quantitative estimate of drug-likeness (QED) is 0.853. The van der Waals surface area contributed by atoms with E-state index in [-0.39, 0.29) is 10.9 Å². The monoisotopic (exact) mass is 328 g/mol. The molecule has 0 bridgehead atoms. The number of hydrogen-bond donors (Lipinski definition) is 2. The van der Waals surface area contributed by atoms with E-state index in [2.05, 4.69) is 33.8 Å². The molecule has 2 N–H and O–H groups in total. The van der Waals surface area contributed by atoms with Gasteiger partial charge in [-0.1, -0.05) is 13.8 Å². The molecule has 0 amide bonds. The van der Waals surface area contributed by atoms with Gasteiger partial charge in [0.05, 0.1) is 17.4 Å². The van der Waals surface area contributed by atoms with Crippen LogP contribution in [-0.2, 0) is 10.0 Å². The van der Waals surface area contributed by atoms with Gasteiger partial charge in [-0.05, 0) is 26.2 Å². The number of nitrogens with one attached hydrogen (secondary N) is 2. The number of H-pyrrole nitrogens is 1. The molecule has 0 saturated carbocycles. The highest BCUT2D eigenvalue weighted by Crippen LogP contribution is 2.26. The van der Waals surface area contributed by atoms with Gasteiger partial charge in [-0.15, -0.1) is 11.3 Å². The lowest BCUT2D eigenvalue weighted by molar-refractivity contribution is 0.470. The smallest absolute Gasteiger partial charge is 0.244 e. The zero-order valence-corrected chi connectivity index (χ0v) is 14.2. The standard InChI is InChI=1S/C13H20N4O2S2/c1-8(2)7-11(13-14-5-6-20-13)17-21(18,19)12-9(3)15-16-10(12)4/h5-6,8,11,17H,7H2,1-4H3,(H,15,16). The topological polar surface area (TPSA) is 87.7 Å². The summed E-state index contributed by atoms with van der Waals surface area (Å²) >= 11 is 1.46. The van der Waals surface area contributed by atoms with Crippen LogP contribution in [0, 0.1) is 19.8 Å². The predicted octanol–water partition coefficient (Wildman–Crippen LogP) is 2.55. The molecule has 21 heavy (non-hydrogen) atoms. The van der Waals surface area contributed by atoms with Crippen molar-refractivity contribution in [2.75, 3.05) is 0 Å². The van der Waals surface area contributed by atoms with E-state index in [1.54, 1.807) is 20.0 Å². The molecule has 0 aliphatic carbocycles. The Labute approximate surface area is 129 Å². The highest BCUT2D eigenvalue weighted by Gasteiger charge is 2.27. The van der Waals surface area contributed by atoms with Crippen molar-refractivity contribution < 1.29 is 8.42 Å². The molecule has 0 fully saturated rings. The minimum atomic E-state index is -3.63. The highest BCUT2D eigenvalue weighted by molar-refractivity contribution is 7.89. The Bertz CT molecular complexity index is 670. The Kier molecular flexibility index (Phi) is 4.80. The molecule has 1 unspecified atom stereocenters. The van der Waals surface area contributed by atoms with Crippen molar-refractivity contribution in [1.82, 2.24) is 19.9 Å². The SMILES string of the molecule is Cc1n[nH]c(C)c1S(=O)(=O)NC(CC(C)C)c1nccs1. The van der Waals surface area contributed by atoms with E-state index in [9.17, 15) is 8.42 Å². The molecule has 2 aromatic heterocycles. The van der Waals surface area contributed by atoms with Crippen LogP contribution in [0.25, 0.3) is 0 Å². The van der Waals surface area contributed by atoms with Crippen LogP contribution in [0.2, 0.25) is 0 Å². The van der Waals surface area contributed by atoms with E-state index in [1.165, 1.54) is 11.3 Å². The largest absolute Gasteiger partial charge is 0.281 e. The zero-order chi connectivity index (χ0) is 15.6. The Morgan fingerprint density at radius 1 is 1.38 bits per heavy atom. The number of sulfonamides is 1. The summed E-state index contributed by atoms with van der Waals surface area (Å²) < 4.78 is 28.0. The number of thiazole rings is 1. The number of rotatable bonds is 6. The van der Waals surface area contributed by atoms with Crippen LogP contribution in [0.3, 0.4) is 0 Å². The molecular formula is C13H20N4O2S2. The fourth-order valence-corrected chi connectivity index (χ4v) is 4.62. The van der Waals surface area contributed by atoms with Crippen LogP contribution < -0.4 is 4.72 Å². The fourth-order valence-electron chi connectivity index (χ4n) is 2.26. The Hall–Kier alpha value is -1.25. The first-order valence-corrected chi connectivity index (χ1v) is 9.11. The van der Waals surface area contributed by atoms with E-state index in [1.807, 2.05) is 5.38 Å². The molecule has 1 atom stereocenters. The van der Waals surface area contributed by atoms with Crippen molar-refractivity contribution in [1.29, 1.82) is 0 Å². The number of aromatic amines is 1. The van der Waals surface area contributed by atoms with E-state index in [0.717, 1.165) is 5.01 Å². The highest BCUT2D eigenvalue weighted by atomic mass is 32.2. The predicted molar refractivity (Wildman–Crippen MR) is 82.7 cm³/mol. The first-order chi connectivity index (χ1) is 9.81. The van der Waals surface area contributed by atoms with Crippen molar-refractivity contribution in [3.8, 4) is 0 Å². The molecule has 0 radical (unpaired) electrons. The van der Waals surface area contributed by atoms with Crippen molar-refractivity contribution in [2.24, 2.45) is 5.92 Å². The summed E-state index contributed by atoms with van der Waals surface area (Å²) in [6, 6.07) is -0.316. The van der Waals surface area contributed by atoms with Gasteiger partial charge < -0.3 is 0 Å². The van der Waals surface area contributed by atoms with E-state index < -0.39 is 10.0 Å². The van der Waals surface area contributed by atoms with E-state index >= 15 is 0 Å². The average molecular weight is 328 g/mol. The second-order valence-corrected chi connectivity index (χ2v) is 8.01. The summed E-state index contributed by atoms with van der Waals surface area (Å²) in [6.45, 7) is 7.50. The molecule has 0 aliphatic rings. The van der Waals surface area contributed by atoms with E-state index in [4.69, 9.17) is 0 Å². The van der Waals surface area contributed by atoms with Gasteiger partial charge in [-0.3, -0.25) is 5.10 Å². The first-order valence-electron chi connectivity index (χ1n) is 6.74. The Balaban J connectivity index is 2.32. The lowest BCUT2D eigenvalue weighted by atomic mass is 10.1. The third-order valence-electron chi connectivity index (χ3n) is 3.08. The molecule has 8 heteroatoms. The molecule has 116 valence electrons. The summed E-state index contributed by atoms with van der Waals surface area (Å²) in [7, 11) is -3.63. The van der Waals surface area contributed by atoms with Crippen molar-refractivity contribution in [3.05, 3.63) is 28.0 Å². The van der Waals surface area contributed by atoms with Gasteiger partial charge in [-0.2, -0.15) is 5.10 Å². The van der Waals surface area contributed by atoms with Crippen molar-refractivity contribution in [3.63, 3.8) is 0 Å². The summed E-state index contributed by atoms with van der Waals surface area (Å²) in [4.78, 5) is 4.48. The molecule has 0 saturated heterocycles. The molecule has 2 rings (SSSR count). The molecule has 6 nitrogen and oxygen atoms in total. The summed E-state index contributed by atoms with van der Waals surface area (Å²) in [5, 5.41) is 9.30. The number of nitrogens with zero attached hydrogens (tertiary/aromatic N) is 2. The second kappa shape index (κ2) is 6.25.